The molecule has 1 aliphatic carbocycles. The van der Waals surface area contributed by atoms with Crippen LogP contribution < -0.4 is 5.32 Å². The molecule has 2 heterocycles. The summed E-state index contributed by atoms with van der Waals surface area (Å²) < 4.78 is 4.49. The van der Waals surface area contributed by atoms with E-state index in [1.807, 2.05) is 41.8 Å². The predicted octanol–water partition coefficient (Wildman–Crippen LogP) is 3.92. The number of benzene rings is 1. The molecule has 138 valence electrons. The van der Waals surface area contributed by atoms with E-state index < -0.39 is 0 Å². The molecule has 1 aromatic carbocycles. The highest BCUT2D eigenvalue weighted by molar-refractivity contribution is 7.97. The average molecular weight is 370 g/mol. The van der Waals surface area contributed by atoms with Crippen LogP contribution in [0.1, 0.15) is 40.2 Å². The first-order valence-electron chi connectivity index (χ1n) is 9.45. The van der Waals surface area contributed by atoms with Gasteiger partial charge in [-0.2, -0.15) is 0 Å². The fraction of sp³-hybridized carbons (Fsp3) is 0.476. The van der Waals surface area contributed by atoms with Crippen LogP contribution in [0.5, 0.6) is 0 Å². The Morgan fingerprint density at radius 1 is 1.27 bits per heavy atom. The minimum absolute atomic E-state index is 0.00777. The molecule has 0 spiro atoms. The Morgan fingerprint density at radius 3 is 2.85 bits per heavy atom. The maximum atomic E-state index is 12.7. The van der Waals surface area contributed by atoms with Crippen molar-refractivity contribution in [2.24, 2.45) is 18.9 Å². The van der Waals surface area contributed by atoms with Gasteiger partial charge in [0, 0.05) is 37.3 Å². The van der Waals surface area contributed by atoms with Gasteiger partial charge in [-0.25, -0.2) is 4.31 Å². The molecule has 2 unspecified atom stereocenters. The third-order valence-corrected chi connectivity index (χ3v) is 7.11. The lowest BCUT2D eigenvalue weighted by Crippen LogP contribution is -2.25. The molecule has 4 nitrogen and oxygen atoms in total. The van der Waals surface area contributed by atoms with Gasteiger partial charge in [0.25, 0.3) is 5.91 Å². The minimum Gasteiger partial charge on any atom is -0.347 e. The van der Waals surface area contributed by atoms with Crippen LogP contribution in [0.4, 0.5) is 0 Å². The maximum Gasteiger partial charge on any atom is 0.268 e. The van der Waals surface area contributed by atoms with E-state index in [1.54, 1.807) is 0 Å². The summed E-state index contributed by atoms with van der Waals surface area (Å²) in [7, 11) is 1.98. The lowest BCUT2D eigenvalue weighted by molar-refractivity contribution is 0.0942. The summed E-state index contributed by atoms with van der Waals surface area (Å²) in [6, 6.07) is 10.2. The zero-order valence-electron chi connectivity index (χ0n) is 15.8. The van der Waals surface area contributed by atoms with Gasteiger partial charge in [-0.1, -0.05) is 24.3 Å². The third-order valence-electron chi connectivity index (χ3n) is 5.91. The summed E-state index contributed by atoms with van der Waals surface area (Å²) in [6.07, 6.45) is 2.74. The largest absolute Gasteiger partial charge is 0.347 e. The van der Waals surface area contributed by atoms with Gasteiger partial charge < -0.3 is 9.88 Å². The lowest BCUT2D eigenvalue weighted by atomic mass is 10.1. The Bertz CT molecular complexity index is 829. The van der Waals surface area contributed by atoms with Crippen LogP contribution in [0.3, 0.4) is 0 Å². The van der Waals surface area contributed by atoms with Gasteiger partial charge in [0.1, 0.15) is 5.69 Å². The second kappa shape index (κ2) is 7.12. The van der Waals surface area contributed by atoms with Crippen LogP contribution in [0.15, 0.2) is 35.2 Å². The van der Waals surface area contributed by atoms with E-state index in [-0.39, 0.29) is 5.91 Å². The number of rotatable bonds is 5. The highest BCUT2D eigenvalue weighted by atomic mass is 32.2. The van der Waals surface area contributed by atoms with Gasteiger partial charge in [-0.15, -0.1) is 0 Å². The van der Waals surface area contributed by atoms with Crippen molar-refractivity contribution in [3.8, 4) is 0 Å². The molecule has 1 saturated heterocycles. The van der Waals surface area contributed by atoms with Crippen molar-refractivity contribution in [1.29, 1.82) is 0 Å². The van der Waals surface area contributed by atoms with Gasteiger partial charge in [-0.05, 0) is 67.7 Å². The van der Waals surface area contributed by atoms with Gasteiger partial charge >= 0.3 is 0 Å². The molecule has 1 amide bonds. The van der Waals surface area contributed by atoms with E-state index in [0.29, 0.717) is 6.54 Å². The number of amides is 1. The standard InChI is InChI=1S/C21H27N3OS/c1-14-6-4-5-7-17(14)12-22-21(25)19-11-20(15(2)23(19)3)26-24-9-8-16-10-18(16)13-24/h4-7,11,16,18H,8-10,12-13H2,1-3H3,(H,22,25). The molecule has 2 fully saturated rings. The highest BCUT2D eigenvalue weighted by Gasteiger charge is 2.41. The van der Waals surface area contributed by atoms with Crippen LogP contribution in [0.25, 0.3) is 0 Å². The van der Waals surface area contributed by atoms with Gasteiger partial charge in [-0.3, -0.25) is 4.79 Å². The number of hydrogen-bond acceptors (Lipinski definition) is 3. The van der Waals surface area contributed by atoms with Crippen molar-refractivity contribution < 1.29 is 4.79 Å². The first-order chi connectivity index (χ1) is 12.5. The quantitative estimate of drug-likeness (QED) is 0.812. The normalized spacial score (nSPS) is 22.1. The van der Waals surface area contributed by atoms with Crippen molar-refractivity contribution in [3.63, 3.8) is 0 Å². The molecule has 2 aromatic rings. The van der Waals surface area contributed by atoms with Crippen molar-refractivity contribution in [3.05, 3.63) is 52.8 Å². The summed E-state index contributed by atoms with van der Waals surface area (Å²) in [5, 5.41) is 3.07. The van der Waals surface area contributed by atoms with Crippen LogP contribution in [0, 0.1) is 25.7 Å². The molecule has 5 heteroatoms. The summed E-state index contributed by atoms with van der Waals surface area (Å²) in [4.78, 5) is 13.9. The van der Waals surface area contributed by atoms with Crippen molar-refractivity contribution in [2.45, 2.75) is 38.1 Å². The van der Waals surface area contributed by atoms with Crippen molar-refractivity contribution >= 4 is 17.9 Å². The third kappa shape index (κ3) is 3.55. The Hall–Kier alpha value is -1.72. The van der Waals surface area contributed by atoms with Gasteiger partial charge in [0.05, 0.1) is 0 Å². The Balaban J connectivity index is 1.42. The SMILES string of the molecule is Cc1ccccc1CNC(=O)c1cc(SN2CCC3CC3C2)c(C)n1C. The number of carbonyl (C=O) groups excluding carboxylic acids is 1. The van der Waals surface area contributed by atoms with Crippen LogP contribution in [-0.2, 0) is 13.6 Å². The summed E-state index contributed by atoms with van der Waals surface area (Å²) >= 11 is 1.82. The first kappa shape index (κ1) is 17.7. The predicted molar refractivity (Wildman–Crippen MR) is 106 cm³/mol. The van der Waals surface area contributed by atoms with Crippen molar-refractivity contribution in [2.75, 3.05) is 13.1 Å². The lowest BCUT2D eigenvalue weighted by Gasteiger charge is -2.24. The molecule has 26 heavy (non-hydrogen) atoms. The molecule has 1 N–H and O–H groups in total. The first-order valence-corrected chi connectivity index (χ1v) is 10.2. The number of fused-ring (bicyclic) bond motifs is 1. The highest BCUT2D eigenvalue weighted by Crippen LogP contribution is 2.47. The van der Waals surface area contributed by atoms with E-state index in [1.165, 1.54) is 29.8 Å². The van der Waals surface area contributed by atoms with E-state index in [0.717, 1.165) is 35.3 Å². The number of carbonyl (C=O) groups is 1. The zero-order chi connectivity index (χ0) is 18.3. The molecule has 0 radical (unpaired) electrons. The molecule has 1 aliphatic heterocycles. The number of aryl methyl sites for hydroxylation is 1. The molecule has 1 aromatic heterocycles. The molecule has 2 atom stereocenters. The number of aromatic nitrogens is 1. The smallest absolute Gasteiger partial charge is 0.268 e. The Kier molecular flexibility index (Phi) is 4.84. The second-order valence-electron chi connectivity index (χ2n) is 7.67. The molecule has 0 bridgehead atoms. The molecular formula is C21H27N3OS. The van der Waals surface area contributed by atoms with E-state index >= 15 is 0 Å². The Morgan fingerprint density at radius 2 is 2.08 bits per heavy atom. The van der Waals surface area contributed by atoms with E-state index in [9.17, 15) is 4.79 Å². The average Bonchev–Trinajstić information content (AvgIpc) is 3.36. The number of hydrogen-bond donors (Lipinski definition) is 1. The van der Waals surface area contributed by atoms with Crippen molar-refractivity contribution in [1.82, 2.24) is 14.2 Å². The van der Waals surface area contributed by atoms with Crippen LogP contribution in [-0.4, -0.2) is 27.9 Å². The fourth-order valence-corrected chi connectivity index (χ4v) is 5.00. The van der Waals surface area contributed by atoms with Gasteiger partial charge in [0.2, 0.25) is 0 Å². The fourth-order valence-electron chi connectivity index (χ4n) is 3.83. The minimum atomic E-state index is -0.00777. The second-order valence-corrected chi connectivity index (χ2v) is 8.81. The molecule has 1 saturated carbocycles. The zero-order valence-corrected chi connectivity index (χ0v) is 16.6. The summed E-state index contributed by atoms with van der Waals surface area (Å²) in [5.74, 6) is 1.90. The van der Waals surface area contributed by atoms with Crippen LogP contribution in [0.2, 0.25) is 0 Å². The van der Waals surface area contributed by atoms with Gasteiger partial charge in [0.15, 0.2) is 0 Å². The Labute approximate surface area is 160 Å². The van der Waals surface area contributed by atoms with E-state index in [4.69, 9.17) is 0 Å². The van der Waals surface area contributed by atoms with E-state index in [2.05, 4.69) is 35.6 Å². The number of piperidine rings is 1. The monoisotopic (exact) mass is 369 g/mol. The summed E-state index contributed by atoms with van der Waals surface area (Å²) in [5.41, 5.74) is 4.26. The number of nitrogens with zero attached hydrogens (tertiary/aromatic N) is 2. The number of nitrogens with one attached hydrogen (secondary N) is 1. The summed E-state index contributed by atoms with van der Waals surface area (Å²) in [6.45, 7) is 7.09. The molecule has 4 rings (SSSR count). The maximum absolute atomic E-state index is 12.7. The molecular weight excluding hydrogens is 342 g/mol. The molecule has 2 aliphatic rings. The topological polar surface area (TPSA) is 37.3 Å². The van der Waals surface area contributed by atoms with Crippen LogP contribution >= 0.6 is 11.9 Å².